The zero-order valence-electron chi connectivity index (χ0n) is 11.6. The highest BCUT2D eigenvalue weighted by atomic mass is 35.5. The van der Waals surface area contributed by atoms with E-state index in [1.54, 1.807) is 18.2 Å². The van der Waals surface area contributed by atoms with Crippen LogP contribution in [0.1, 0.15) is 26.2 Å². The number of rotatable bonds is 3. The lowest BCUT2D eigenvalue weighted by Crippen LogP contribution is -2.46. The van der Waals surface area contributed by atoms with Crippen LogP contribution in [0.15, 0.2) is 18.2 Å². The number of carbonyl (C=O) groups excluding carboxylic acids is 1. The molecule has 0 aromatic heterocycles. The third-order valence-electron chi connectivity index (χ3n) is 4.60. The minimum absolute atomic E-state index is 0.00609. The second-order valence-electron chi connectivity index (χ2n) is 5.93. The molecule has 1 heterocycles. The molecule has 2 fully saturated rings. The van der Waals surface area contributed by atoms with Gasteiger partial charge in [-0.1, -0.05) is 11.6 Å². The predicted molar refractivity (Wildman–Crippen MR) is 81.8 cm³/mol. The van der Waals surface area contributed by atoms with Crippen molar-refractivity contribution in [2.75, 3.05) is 17.6 Å². The monoisotopic (exact) mass is 293 g/mol. The topological polar surface area (TPSA) is 58.4 Å². The molecule has 3 atom stereocenters. The number of amides is 1. The van der Waals surface area contributed by atoms with Crippen LogP contribution in [0.2, 0.25) is 5.02 Å². The first-order chi connectivity index (χ1) is 9.54. The Bertz CT molecular complexity index is 534. The van der Waals surface area contributed by atoms with Crippen molar-refractivity contribution in [3.05, 3.63) is 23.2 Å². The molecule has 20 heavy (non-hydrogen) atoms. The highest BCUT2D eigenvalue weighted by Gasteiger charge is 2.41. The highest BCUT2D eigenvalue weighted by molar-refractivity contribution is 6.31. The van der Waals surface area contributed by atoms with Crippen LogP contribution in [0.3, 0.4) is 0 Å². The van der Waals surface area contributed by atoms with Crippen molar-refractivity contribution in [2.45, 2.75) is 38.3 Å². The Labute approximate surface area is 124 Å². The Morgan fingerprint density at radius 1 is 1.50 bits per heavy atom. The first kappa shape index (κ1) is 13.7. The second-order valence-corrected chi connectivity index (χ2v) is 6.36. The molecule has 1 saturated heterocycles. The standard InChI is InChI=1S/C15H20ClN3O/c1-9(19-8-10-2-4-12(19)6-10)15(20)18-14-5-3-11(16)7-13(14)17/h3,5,7,9-10,12H,2,4,6,8,17H2,1H3,(H,18,20). The van der Waals surface area contributed by atoms with Crippen LogP contribution >= 0.6 is 11.6 Å². The number of anilines is 2. The van der Waals surface area contributed by atoms with E-state index in [4.69, 9.17) is 17.3 Å². The van der Waals surface area contributed by atoms with Crippen molar-refractivity contribution in [3.63, 3.8) is 0 Å². The van der Waals surface area contributed by atoms with Gasteiger partial charge in [-0.25, -0.2) is 0 Å². The van der Waals surface area contributed by atoms with Gasteiger partial charge in [-0.3, -0.25) is 9.69 Å². The lowest BCUT2D eigenvalue weighted by molar-refractivity contribution is -0.121. The van der Waals surface area contributed by atoms with Gasteiger partial charge in [-0.05, 0) is 50.3 Å². The van der Waals surface area contributed by atoms with Crippen molar-refractivity contribution in [2.24, 2.45) is 5.92 Å². The first-order valence-corrected chi connectivity index (χ1v) is 7.54. The number of nitrogens with zero attached hydrogens (tertiary/aromatic N) is 1. The Balaban J connectivity index is 1.67. The van der Waals surface area contributed by atoms with Crippen molar-refractivity contribution in [1.82, 2.24) is 4.90 Å². The number of carbonyl (C=O) groups is 1. The third kappa shape index (κ3) is 2.50. The van der Waals surface area contributed by atoms with Gasteiger partial charge in [-0.15, -0.1) is 0 Å². The zero-order chi connectivity index (χ0) is 14.3. The van der Waals surface area contributed by atoms with E-state index in [9.17, 15) is 4.79 Å². The number of nitrogen functional groups attached to an aromatic ring is 1. The molecule has 0 radical (unpaired) electrons. The maximum absolute atomic E-state index is 12.4. The molecule has 4 nitrogen and oxygen atoms in total. The molecule has 1 aliphatic carbocycles. The summed E-state index contributed by atoms with van der Waals surface area (Å²) in [6, 6.07) is 5.61. The van der Waals surface area contributed by atoms with Gasteiger partial charge < -0.3 is 11.1 Å². The smallest absolute Gasteiger partial charge is 0.241 e. The SMILES string of the molecule is CC(C(=O)Nc1ccc(Cl)cc1N)N1CC2CCC1C2. The summed E-state index contributed by atoms with van der Waals surface area (Å²) in [5.41, 5.74) is 7.01. The Hall–Kier alpha value is -1.26. The number of nitrogens with one attached hydrogen (secondary N) is 1. The van der Waals surface area contributed by atoms with Crippen LogP contribution in [-0.4, -0.2) is 29.4 Å². The Morgan fingerprint density at radius 3 is 2.90 bits per heavy atom. The third-order valence-corrected chi connectivity index (χ3v) is 4.84. The van der Waals surface area contributed by atoms with Gasteiger partial charge in [0.2, 0.25) is 5.91 Å². The van der Waals surface area contributed by atoms with E-state index in [2.05, 4.69) is 10.2 Å². The van der Waals surface area contributed by atoms with Gasteiger partial charge in [-0.2, -0.15) is 0 Å². The minimum atomic E-state index is -0.111. The number of fused-ring (bicyclic) bond motifs is 2. The van der Waals surface area contributed by atoms with Crippen molar-refractivity contribution >= 4 is 28.9 Å². The quantitative estimate of drug-likeness (QED) is 0.843. The molecule has 1 aliphatic heterocycles. The number of hydrogen-bond donors (Lipinski definition) is 2. The molecule has 2 bridgehead atoms. The average molecular weight is 294 g/mol. The van der Waals surface area contributed by atoms with Gasteiger partial charge in [0.15, 0.2) is 0 Å². The van der Waals surface area contributed by atoms with Crippen LogP contribution in [-0.2, 0) is 4.79 Å². The summed E-state index contributed by atoms with van der Waals surface area (Å²) in [7, 11) is 0. The van der Waals surface area contributed by atoms with E-state index in [1.807, 2.05) is 6.92 Å². The lowest BCUT2D eigenvalue weighted by Gasteiger charge is -2.31. The summed E-state index contributed by atoms with van der Waals surface area (Å²) in [6.07, 6.45) is 3.80. The van der Waals surface area contributed by atoms with E-state index in [0.717, 1.165) is 12.5 Å². The maximum atomic E-state index is 12.4. The molecule has 3 N–H and O–H groups in total. The van der Waals surface area contributed by atoms with Gasteiger partial charge in [0, 0.05) is 17.6 Å². The fraction of sp³-hybridized carbons (Fsp3) is 0.533. The summed E-state index contributed by atoms with van der Waals surface area (Å²) in [4.78, 5) is 14.7. The predicted octanol–water partition coefficient (Wildman–Crippen LogP) is 2.73. The number of hydrogen-bond acceptors (Lipinski definition) is 3. The molecule has 1 aromatic rings. The molecule has 108 valence electrons. The van der Waals surface area contributed by atoms with Gasteiger partial charge in [0.05, 0.1) is 17.4 Å². The fourth-order valence-corrected chi connectivity index (χ4v) is 3.65. The molecule has 1 amide bonds. The summed E-state index contributed by atoms with van der Waals surface area (Å²) in [5, 5.41) is 3.48. The number of halogens is 1. The van der Waals surface area contributed by atoms with Crippen molar-refractivity contribution in [1.29, 1.82) is 0 Å². The summed E-state index contributed by atoms with van der Waals surface area (Å²) < 4.78 is 0. The molecule has 2 aliphatic rings. The van der Waals surface area contributed by atoms with Gasteiger partial charge in [0.25, 0.3) is 0 Å². The molecule has 3 rings (SSSR count). The number of nitrogens with two attached hydrogens (primary N) is 1. The van der Waals surface area contributed by atoms with Crippen LogP contribution in [0.4, 0.5) is 11.4 Å². The summed E-state index contributed by atoms with van der Waals surface area (Å²) >= 11 is 5.86. The van der Waals surface area contributed by atoms with Crippen molar-refractivity contribution in [3.8, 4) is 0 Å². The summed E-state index contributed by atoms with van der Waals surface area (Å²) in [5.74, 6) is 0.794. The molecule has 3 unspecified atom stereocenters. The Morgan fingerprint density at radius 2 is 2.30 bits per heavy atom. The molecule has 5 heteroatoms. The Kier molecular flexibility index (Phi) is 3.61. The zero-order valence-corrected chi connectivity index (χ0v) is 12.4. The van der Waals surface area contributed by atoms with E-state index in [0.29, 0.717) is 22.4 Å². The normalized spacial score (nSPS) is 26.7. The molecule has 0 spiro atoms. The largest absolute Gasteiger partial charge is 0.397 e. The van der Waals surface area contributed by atoms with E-state index in [1.165, 1.54) is 19.3 Å². The van der Waals surface area contributed by atoms with Crippen LogP contribution < -0.4 is 11.1 Å². The summed E-state index contributed by atoms with van der Waals surface area (Å²) in [6.45, 7) is 3.03. The number of likely N-dealkylation sites (tertiary alicyclic amines) is 1. The van der Waals surface area contributed by atoms with E-state index < -0.39 is 0 Å². The van der Waals surface area contributed by atoms with E-state index >= 15 is 0 Å². The second kappa shape index (κ2) is 5.26. The fourth-order valence-electron chi connectivity index (χ4n) is 3.47. The maximum Gasteiger partial charge on any atom is 0.241 e. The van der Waals surface area contributed by atoms with Crippen LogP contribution in [0.5, 0.6) is 0 Å². The number of piperidine rings is 1. The molecular weight excluding hydrogens is 274 g/mol. The van der Waals surface area contributed by atoms with Gasteiger partial charge in [0.1, 0.15) is 0 Å². The highest BCUT2D eigenvalue weighted by Crippen LogP contribution is 2.38. The first-order valence-electron chi connectivity index (χ1n) is 7.16. The van der Waals surface area contributed by atoms with E-state index in [-0.39, 0.29) is 11.9 Å². The van der Waals surface area contributed by atoms with Crippen molar-refractivity contribution < 1.29 is 4.79 Å². The molecular formula is C15H20ClN3O. The average Bonchev–Trinajstić information content (AvgIpc) is 3.03. The molecule has 1 aromatic carbocycles. The van der Waals surface area contributed by atoms with Gasteiger partial charge >= 0.3 is 0 Å². The van der Waals surface area contributed by atoms with Crippen LogP contribution in [0, 0.1) is 5.92 Å². The molecule has 1 saturated carbocycles. The lowest BCUT2D eigenvalue weighted by atomic mass is 10.1. The minimum Gasteiger partial charge on any atom is -0.397 e. The number of benzene rings is 1. The van der Waals surface area contributed by atoms with Crippen LogP contribution in [0.25, 0.3) is 0 Å².